The van der Waals surface area contributed by atoms with E-state index in [9.17, 15) is 14.0 Å². The molecule has 0 radical (unpaired) electrons. The molecule has 0 unspecified atom stereocenters. The van der Waals surface area contributed by atoms with Crippen molar-refractivity contribution < 1.29 is 14.0 Å². The van der Waals surface area contributed by atoms with Gasteiger partial charge in [0.15, 0.2) is 0 Å². The average Bonchev–Trinajstić information content (AvgIpc) is 2.87. The van der Waals surface area contributed by atoms with Crippen molar-refractivity contribution in [2.24, 2.45) is 5.92 Å². The lowest BCUT2D eigenvalue weighted by Crippen LogP contribution is -2.51. The molecule has 0 spiro atoms. The summed E-state index contributed by atoms with van der Waals surface area (Å²) in [6, 6.07) is 23.5. The van der Waals surface area contributed by atoms with Crippen LogP contribution in [0.1, 0.15) is 37.0 Å². The lowest BCUT2D eigenvalue weighted by molar-refractivity contribution is -0.141. The van der Waals surface area contributed by atoms with Gasteiger partial charge in [0, 0.05) is 42.1 Å². The molecule has 190 valence electrons. The first-order valence-corrected chi connectivity index (χ1v) is 13.4. The summed E-state index contributed by atoms with van der Waals surface area (Å²) in [7, 11) is 0. The summed E-state index contributed by atoms with van der Waals surface area (Å²) >= 11 is 1.60. The molecule has 0 fully saturated rings. The number of carbonyl (C=O) groups excluding carboxylic acids is 2. The minimum absolute atomic E-state index is 0.0350. The van der Waals surface area contributed by atoms with E-state index < -0.39 is 6.04 Å². The quantitative estimate of drug-likeness (QED) is 0.305. The predicted molar refractivity (Wildman–Crippen MR) is 145 cm³/mol. The smallest absolute Gasteiger partial charge is 0.243 e. The molecule has 1 N–H and O–H groups in total. The Bertz CT molecular complexity index is 1120. The predicted octanol–water partition coefficient (Wildman–Crippen LogP) is 6.03. The molecule has 36 heavy (non-hydrogen) atoms. The van der Waals surface area contributed by atoms with Crippen molar-refractivity contribution in [3.63, 3.8) is 0 Å². The van der Waals surface area contributed by atoms with Crippen LogP contribution in [0.5, 0.6) is 0 Å². The summed E-state index contributed by atoms with van der Waals surface area (Å²) in [5.41, 5.74) is 2.52. The van der Waals surface area contributed by atoms with Gasteiger partial charge in [-0.2, -0.15) is 0 Å². The van der Waals surface area contributed by atoms with Crippen LogP contribution in [0, 0.1) is 18.7 Å². The highest BCUT2D eigenvalue weighted by atomic mass is 32.2. The largest absolute Gasteiger partial charge is 0.354 e. The molecule has 3 aromatic rings. The minimum atomic E-state index is -0.748. The number of amides is 2. The van der Waals surface area contributed by atoms with E-state index in [0.717, 1.165) is 10.5 Å². The molecular formula is C30H35FN2O2S. The van der Waals surface area contributed by atoms with Crippen LogP contribution in [0.2, 0.25) is 0 Å². The topological polar surface area (TPSA) is 49.4 Å². The van der Waals surface area contributed by atoms with Gasteiger partial charge in [-0.25, -0.2) is 4.39 Å². The number of carbonyl (C=O) groups is 2. The Morgan fingerprint density at radius 2 is 1.61 bits per heavy atom. The molecule has 0 aromatic heterocycles. The fourth-order valence-corrected chi connectivity index (χ4v) is 4.66. The van der Waals surface area contributed by atoms with E-state index in [1.807, 2.05) is 75.4 Å². The van der Waals surface area contributed by atoms with Gasteiger partial charge in [0.2, 0.25) is 11.8 Å². The zero-order valence-corrected chi connectivity index (χ0v) is 22.1. The maximum atomic E-state index is 14.6. The van der Waals surface area contributed by atoms with Gasteiger partial charge in [-0.15, -0.1) is 11.8 Å². The Morgan fingerprint density at radius 3 is 2.28 bits per heavy atom. The summed E-state index contributed by atoms with van der Waals surface area (Å²) in [5, 5.41) is 2.99. The van der Waals surface area contributed by atoms with Gasteiger partial charge < -0.3 is 10.2 Å². The monoisotopic (exact) mass is 506 g/mol. The third-order valence-electron chi connectivity index (χ3n) is 5.86. The van der Waals surface area contributed by atoms with Crippen molar-refractivity contribution in [2.45, 2.75) is 51.1 Å². The van der Waals surface area contributed by atoms with Crippen molar-refractivity contribution >= 4 is 23.6 Å². The van der Waals surface area contributed by atoms with Gasteiger partial charge in [0.05, 0.1) is 0 Å². The molecule has 3 aromatic carbocycles. The van der Waals surface area contributed by atoms with Gasteiger partial charge in [-0.05, 0) is 36.6 Å². The van der Waals surface area contributed by atoms with Crippen LogP contribution in [0.25, 0.3) is 0 Å². The molecule has 0 bridgehead atoms. The molecule has 0 saturated heterocycles. The second-order valence-corrected chi connectivity index (χ2v) is 10.5. The number of benzene rings is 3. The maximum Gasteiger partial charge on any atom is 0.243 e. The lowest BCUT2D eigenvalue weighted by Gasteiger charge is -2.32. The van der Waals surface area contributed by atoms with Crippen molar-refractivity contribution in [1.82, 2.24) is 10.2 Å². The second-order valence-electron chi connectivity index (χ2n) is 9.37. The first kappa shape index (κ1) is 27.5. The van der Waals surface area contributed by atoms with Crippen LogP contribution in [-0.4, -0.2) is 35.1 Å². The third-order valence-corrected chi connectivity index (χ3v) is 6.87. The normalized spacial score (nSPS) is 11.8. The number of hydrogen-bond donors (Lipinski definition) is 1. The zero-order chi connectivity index (χ0) is 25.9. The Labute approximate surface area is 218 Å². The van der Waals surface area contributed by atoms with Crippen molar-refractivity contribution in [2.75, 3.05) is 12.3 Å². The van der Waals surface area contributed by atoms with Crippen LogP contribution in [0.4, 0.5) is 4.39 Å². The van der Waals surface area contributed by atoms with Gasteiger partial charge in [-0.1, -0.05) is 80.1 Å². The van der Waals surface area contributed by atoms with Gasteiger partial charge in [0.1, 0.15) is 11.9 Å². The van der Waals surface area contributed by atoms with Crippen LogP contribution < -0.4 is 5.32 Å². The van der Waals surface area contributed by atoms with Crippen molar-refractivity contribution in [3.8, 4) is 0 Å². The lowest BCUT2D eigenvalue weighted by atomic mass is 10.0. The van der Waals surface area contributed by atoms with E-state index in [1.165, 1.54) is 11.6 Å². The standard InChI is InChI=1S/C30H35FN2O2S/c1-22(2)20-32-30(35)28(19-24-9-5-4-6-10-24)33(21-25-11-7-8-12-27(25)31)29(34)17-18-36-26-15-13-23(3)14-16-26/h4-16,22,28H,17-21H2,1-3H3,(H,32,35)/t28-/m1/s1. The molecule has 3 rings (SSSR count). The third kappa shape index (κ3) is 8.52. The number of halogens is 1. The van der Waals surface area contributed by atoms with Crippen molar-refractivity contribution in [1.29, 1.82) is 0 Å². The summed E-state index contributed by atoms with van der Waals surface area (Å²) in [6.45, 7) is 6.63. The number of thioether (sulfide) groups is 1. The highest BCUT2D eigenvalue weighted by Gasteiger charge is 2.30. The number of nitrogens with one attached hydrogen (secondary N) is 1. The van der Waals surface area contributed by atoms with E-state index in [-0.39, 0.29) is 36.5 Å². The Balaban J connectivity index is 1.84. The number of nitrogens with zero attached hydrogens (tertiary/aromatic N) is 1. The molecule has 0 heterocycles. The molecule has 0 aliphatic rings. The van der Waals surface area contributed by atoms with E-state index >= 15 is 0 Å². The SMILES string of the molecule is Cc1ccc(SCCC(=O)N(Cc2ccccc2F)[C@H](Cc2ccccc2)C(=O)NCC(C)C)cc1. The van der Waals surface area contributed by atoms with Gasteiger partial charge in [-0.3, -0.25) is 9.59 Å². The summed E-state index contributed by atoms with van der Waals surface area (Å²) in [4.78, 5) is 29.6. The zero-order valence-electron chi connectivity index (χ0n) is 21.2. The van der Waals surface area contributed by atoms with Crippen LogP contribution in [0.3, 0.4) is 0 Å². The molecule has 2 amide bonds. The first-order valence-electron chi connectivity index (χ1n) is 12.4. The van der Waals surface area contributed by atoms with Crippen LogP contribution >= 0.6 is 11.8 Å². The Morgan fingerprint density at radius 1 is 0.944 bits per heavy atom. The fraction of sp³-hybridized carbons (Fsp3) is 0.333. The summed E-state index contributed by atoms with van der Waals surface area (Å²) < 4.78 is 14.6. The fourth-order valence-electron chi connectivity index (χ4n) is 3.82. The van der Waals surface area contributed by atoms with E-state index in [4.69, 9.17) is 0 Å². The van der Waals surface area contributed by atoms with Crippen molar-refractivity contribution in [3.05, 3.63) is 101 Å². The van der Waals surface area contributed by atoms with Crippen LogP contribution in [0.15, 0.2) is 83.8 Å². The molecule has 4 nitrogen and oxygen atoms in total. The van der Waals surface area contributed by atoms with Gasteiger partial charge >= 0.3 is 0 Å². The van der Waals surface area contributed by atoms with E-state index in [1.54, 1.807) is 34.9 Å². The highest BCUT2D eigenvalue weighted by molar-refractivity contribution is 7.99. The second kappa shape index (κ2) is 13.8. The molecule has 0 saturated carbocycles. The van der Waals surface area contributed by atoms with E-state index in [2.05, 4.69) is 5.32 Å². The maximum absolute atomic E-state index is 14.6. The average molecular weight is 507 g/mol. The van der Waals surface area contributed by atoms with E-state index in [0.29, 0.717) is 24.3 Å². The number of hydrogen-bond acceptors (Lipinski definition) is 3. The van der Waals surface area contributed by atoms with Gasteiger partial charge in [0.25, 0.3) is 0 Å². The number of rotatable bonds is 12. The Hall–Kier alpha value is -3.12. The minimum Gasteiger partial charge on any atom is -0.354 e. The molecule has 0 aliphatic carbocycles. The number of aryl methyl sites for hydroxylation is 1. The Kier molecular flexibility index (Phi) is 10.6. The molecule has 6 heteroatoms. The summed E-state index contributed by atoms with van der Waals surface area (Å²) in [6.07, 6.45) is 0.603. The molecular weight excluding hydrogens is 471 g/mol. The highest BCUT2D eigenvalue weighted by Crippen LogP contribution is 2.22. The first-order chi connectivity index (χ1) is 17.3. The molecule has 1 atom stereocenters. The molecule has 0 aliphatic heterocycles. The van der Waals surface area contributed by atoms with Crippen LogP contribution in [-0.2, 0) is 22.6 Å². The summed E-state index contributed by atoms with van der Waals surface area (Å²) in [5.74, 6) is 0.0710.